The molecule has 0 aromatic heterocycles. The Morgan fingerprint density at radius 2 is 1.06 bits per heavy atom. The van der Waals surface area contributed by atoms with Crippen LogP contribution >= 0.6 is 0 Å². The van der Waals surface area contributed by atoms with Gasteiger partial charge in [0.25, 0.3) is 0 Å². The van der Waals surface area contributed by atoms with Gasteiger partial charge in [0.15, 0.2) is 0 Å². The van der Waals surface area contributed by atoms with E-state index in [1.54, 1.807) is 6.08 Å². The lowest BCUT2D eigenvalue weighted by atomic mass is 9.69. The number of nitrogens with zero attached hydrogens (tertiary/aromatic N) is 6. The van der Waals surface area contributed by atoms with Crippen molar-refractivity contribution in [1.29, 1.82) is 21.0 Å². The van der Waals surface area contributed by atoms with Gasteiger partial charge in [-0.1, -0.05) is 154 Å². The van der Waals surface area contributed by atoms with Crippen molar-refractivity contribution in [2.24, 2.45) is 17.3 Å². The number of aryl methyl sites for hydroxylation is 2. The molecule has 0 amide bonds. The van der Waals surface area contributed by atoms with Gasteiger partial charge in [0.1, 0.15) is 46.7 Å². The maximum absolute atomic E-state index is 10.2. The van der Waals surface area contributed by atoms with E-state index in [2.05, 4.69) is 237 Å². The molecule has 2 atom stereocenters. The predicted octanol–water partition coefficient (Wildman–Crippen LogP) is 22.0. The van der Waals surface area contributed by atoms with Gasteiger partial charge in [0, 0.05) is 60.4 Å². The standard InChI is InChI=1S/C89H98N6O2/c1-83(2,3)64-37-60-38-65(84(4,5)6)47-74-75-48-67(40-61-39-66(85(7,8)9)46-73(80(61)75)72(45-64)79(60)74)89(16,17)49-68-23-22-57-34-54(33-56-19-18-30-95(68)81(56)57)20-24-69-41-58(62(50-90)51-91)42-71(96-69)26-27-88(14,15)78-44-59(63(52-92)53-93)43-70(97-78)25-21-55-35-76-82-77(36-55)87(12,13)29-32-94(82)31-28-86(76,10)11/h20-21,24-25,33-48,59,63,68H,18-19,22-23,26-32,49H2,1-17H3/b24-20+,25-21+. The molecule has 7 aromatic rings. The van der Waals surface area contributed by atoms with Crippen molar-refractivity contribution in [3.8, 4) is 24.3 Å². The maximum atomic E-state index is 10.2. The Morgan fingerprint density at radius 3 is 1.59 bits per heavy atom. The normalized spacial score (nSPS) is 19.4. The lowest BCUT2D eigenvalue weighted by Crippen LogP contribution is -2.45. The fourth-order valence-corrected chi connectivity index (χ4v) is 16.5. The average Bonchev–Trinajstić information content (AvgIpc) is 0.705. The third-order valence-corrected chi connectivity index (χ3v) is 22.8. The molecule has 2 unspecified atom stereocenters. The predicted molar refractivity (Wildman–Crippen MR) is 402 cm³/mol. The molecular weight excluding hydrogens is 1190 g/mol. The van der Waals surface area contributed by atoms with Crippen LogP contribution in [0.4, 0.5) is 11.4 Å². The van der Waals surface area contributed by atoms with E-state index < -0.39 is 17.3 Å². The first-order valence-electron chi connectivity index (χ1n) is 35.7. The number of rotatable bonds is 12. The molecule has 0 aliphatic carbocycles. The van der Waals surface area contributed by atoms with Gasteiger partial charge >= 0.3 is 0 Å². The lowest BCUT2D eigenvalue weighted by molar-refractivity contribution is 0.183. The molecule has 0 bridgehead atoms. The van der Waals surface area contributed by atoms with Crippen LogP contribution in [-0.4, -0.2) is 25.7 Å². The van der Waals surface area contributed by atoms with Crippen molar-refractivity contribution in [1.82, 2.24) is 0 Å². The highest BCUT2D eigenvalue weighted by molar-refractivity contribution is 6.33. The lowest BCUT2D eigenvalue weighted by Gasteiger charge is -2.48. The Hall–Kier alpha value is -8.82. The van der Waals surface area contributed by atoms with Crippen LogP contribution in [0.2, 0.25) is 0 Å². The van der Waals surface area contributed by atoms with Gasteiger partial charge in [-0.2, -0.15) is 21.0 Å². The van der Waals surface area contributed by atoms with Crippen molar-refractivity contribution in [3.05, 3.63) is 199 Å². The number of benzene rings is 7. The summed E-state index contributed by atoms with van der Waals surface area (Å²) < 4.78 is 13.5. The second kappa shape index (κ2) is 24.0. The van der Waals surface area contributed by atoms with Crippen LogP contribution in [0.25, 0.3) is 55.2 Å². The zero-order valence-electron chi connectivity index (χ0n) is 60.8. The van der Waals surface area contributed by atoms with Gasteiger partial charge in [-0.25, -0.2) is 0 Å². The van der Waals surface area contributed by atoms with Gasteiger partial charge in [-0.15, -0.1) is 0 Å². The summed E-state index contributed by atoms with van der Waals surface area (Å²) in [5.41, 5.74) is 15.9. The molecule has 0 saturated heterocycles. The summed E-state index contributed by atoms with van der Waals surface area (Å²) in [5.74, 6) is 1.06. The third-order valence-electron chi connectivity index (χ3n) is 22.8. The summed E-state index contributed by atoms with van der Waals surface area (Å²) in [6.45, 7) is 42.9. The van der Waals surface area contributed by atoms with Crippen LogP contribution in [0.15, 0.2) is 143 Å². The molecule has 13 rings (SSSR count). The molecule has 7 aromatic carbocycles. The van der Waals surface area contributed by atoms with E-state index in [-0.39, 0.29) is 38.1 Å². The Kier molecular flexibility index (Phi) is 16.5. The largest absolute Gasteiger partial charge is 0.462 e. The maximum Gasteiger partial charge on any atom is 0.143 e. The van der Waals surface area contributed by atoms with Gasteiger partial charge in [0.2, 0.25) is 0 Å². The van der Waals surface area contributed by atoms with Gasteiger partial charge in [0.05, 0.1) is 12.1 Å². The van der Waals surface area contributed by atoms with E-state index >= 15 is 0 Å². The fraction of sp³-hybridized carbons (Fsp3) is 0.438. The molecule has 8 nitrogen and oxygen atoms in total. The molecule has 6 heterocycles. The molecule has 8 heteroatoms. The highest BCUT2D eigenvalue weighted by Gasteiger charge is 2.41. The Labute approximate surface area is 578 Å². The summed E-state index contributed by atoms with van der Waals surface area (Å²) in [6.07, 6.45) is 24.1. The van der Waals surface area contributed by atoms with Crippen molar-refractivity contribution in [3.63, 3.8) is 0 Å². The van der Waals surface area contributed by atoms with Crippen LogP contribution < -0.4 is 9.80 Å². The van der Waals surface area contributed by atoms with Crippen molar-refractivity contribution >= 4 is 66.6 Å². The van der Waals surface area contributed by atoms with Gasteiger partial charge < -0.3 is 19.3 Å². The van der Waals surface area contributed by atoms with Crippen LogP contribution in [0.3, 0.4) is 0 Å². The first-order valence-corrected chi connectivity index (χ1v) is 35.7. The van der Waals surface area contributed by atoms with Crippen LogP contribution in [0.1, 0.15) is 218 Å². The highest BCUT2D eigenvalue weighted by atomic mass is 16.5. The molecule has 0 radical (unpaired) electrons. The third kappa shape index (κ3) is 12.5. The molecule has 6 aliphatic heterocycles. The number of nitriles is 4. The first-order chi connectivity index (χ1) is 45.7. The molecule has 0 spiro atoms. The topological polar surface area (TPSA) is 120 Å². The average molecular weight is 1280 g/mol. The van der Waals surface area contributed by atoms with E-state index in [0.717, 1.165) is 75.7 Å². The summed E-state index contributed by atoms with van der Waals surface area (Å²) in [5, 5.41) is 51.7. The molecule has 97 heavy (non-hydrogen) atoms. The van der Waals surface area contributed by atoms with Crippen molar-refractivity contribution in [2.45, 2.75) is 214 Å². The van der Waals surface area contributed by atoms with Gasteiger partial charge in [-0.3, -0.25) is 0 Å². The van der Waals surface area contributed by atoms with Gasteiger partial charge in [-0.05, 0) is 268 Å². The highest BCUT2D eigenvalue weighted by Crippen LogP contribution is 2.52. The summed E-state index contributed by atoms with van der Waals surface area (Å²) >= 11 is 0. The molecule has 0 saturated carbocycles. The van der Waals surface area contributed by atoms with E-state index in [1.807, 2.05) is 30.4 Å². The second-order valence-electron chi connectivity index (χ2n) is 34.9. The molecule has 0 fully saturated rings. The minimum atomic E-state index is -0.901. The number of ether oxygens (including phenoxy) is 2. The van der Waals surface area contributed by atoms with Crippen molar-refractivity contribution < 1.29 is 9.47 Å². The van der Waals surface area contributed by atoms with E-state index in [4.69, 9.17) is 9.47 Å². The molecule has 6 aliphatic rings. The number of fused-ring (bicyclic) bond motifs is 2. The number of allylic oxidation sites excluding steroid dienone is 10. The summed E-state index contributed by atoms with van der Waals surface area (Å²) in [4.78, 5) is 5.34. The SMILES string of the molecule is CC(C)(CCC1=CC(=C(C#N)C#N)C=C(/C=C/c2cc3c4c(c2)CCC(CC(C)(C)c2cc5cc(C(C)(C)C)cc6c7cc(C(C)(C)C)cc8cc(C(C)(C)C)cc(c(c2)c56)c87)N4CCC3)O1)C1=CC(C(C#N)C#N)C=C(/C=C/c2cc3c4c(c2)C(C)(C)CCN4CCC3(C)C)O1. The number of anilines is 2. The van der Waals surface area contributed by atoms with Crippen LogP contribution in [0.5, 0.6) is 0 Å². The monoisotopic (exact) mass is 1280 g/mol. The van der Waals surface area contributed by atoms with E-state index in [9.17, 15) is 21.0 Å². The second-order valence-corrected chi connectivity index (χ2v) is 34.9. The molecule has 496 valence electrons. The quantitative estimate of drug-likeness (QED) is 0.0674. The van der Waals surface area contributed by atoms with Crippen LogP contribution in [0, 0.1) is 62.6 Å². The number of hydrogen-bond acceptors (Lipinski definition) is 8. The Balaban J connectivity index is 0.749. The van der Waals surface area contributed by atoms with E-state index in [0.29, 0.717) is 47.5 Å². The Morgan fingerprint density at radius 1 is 0.557 bits per heavy atom. The zero-order chi connectivity index (χ0) is 69.3. The Bertz CT molecular complexity index is 4750. The fourth-order valence-electron chi connectivity index (χ4n) is 16.5. The minimum absolute atomic E-state index is 0.00354. The smallest absolute Gasteiger partial charge is 0.143 e. The number of hydrogen-bond donors (Lipinski definition) is 0. The summed E-state index contributed by atoms with van der Waals surface area (Å²) in [7, 11) is 0. The minimum Gasteiger partial charge on any atom is -0.462 e. The zero-order valence-corrected chi connectivity index (χ0v) is 60.8. The molecular formula is C89H98N6O2. The first kappa shape index (κ1) is 66.8. The van der Waals surface area contributed by atoms with Crippen LogP contribution in [-0.2, 0) is 54.8 Å². The summed E-state index contributed by atoms with van der Waals surface area (Å²) in [6, 6.07) is 38.6. The van der Waals surface area contributed by atoms with E-state index in [1.165, 1.54) is 99.0 Å². The van der Waals surface area contributed by atoms with Crippen molar-refractivity contribution in [2.75, 3.05) is 29.4 Å². The molecule has 0 N–H and O–H groups in total.